The second-order valence-electron chi connectivity index (χ2n) is 7.45. The number of amides is 1. The highest BCUT2D eigenvalue weighted by Gasteiger charge is 2.54. The summed E-state index contributed by atoms with van der Waals surface area (Å²) in [5.41, 5.74) is 3.70. The summed E-state index contributed by atoms with van der Waals surface area (Å²) in [5.74, 6) is 2.51. The molecule has 0 atom stereocenters. The minimum absolute atomic E-state index is 0.119. The maximum atomic E-state index is 12.7. The molecule has 4 bridgehead atoms. The minimum atomic E-state index is -0.119. The van der Waals surface area contributed by atoms with Crippen LogP contribution in [0.25, 0.3) is 0 Å². The first-order valence-electron chi connectivity index (χ1n) is 8.22. The summed E-state index contributed by atoms with van der Waals surface area (Å²) in [5, 5.41) is 4.19. The molecule has 4 saturated carbocycles. The van der Waals surface area contributed by atoms with Crippen molar-refractivity contribution in [3.8, 4) is 0 Å². The normalized spacial score (nSPS) is 36.0. The Balaban J connectivity index is 1.43. The van der Waals surface area contributed by atoms with E-state index in [0.29, 0.717) is 0 Å². The Labute approximate surface area is 139 Å². The van der Waals surface area contributed by atoms with Gasteiger partial charge in [-0.15, -0.1) is 0 Å². The van der Waals surface area contributed by atoms with Crippen molar-refractivity contribution in [1.82, 2.24) is 5.43 Å². The van der Waals surface area contributed by atoms with E-state index in [4.69, 9.17) is 0 Å². The summed E-state index contributed by atoms with van der Waals surface area (Å²) in [4.78, 5) is 12.7. The van der Waals surface area contributed by atoms with Gasteiger partial charge >= 0.3 is 0 Å². The second-order valence-corrected chi connectivity index (χ2v) is 8.36. The lowest BCUT2D eigenvalue weighted by Gasteiger charge is -2.55. The summed E-state index contributed by atoms with van der Waals surface area (Å²) < 4.78 is 1.04. The highest BCUT2D eigenvalue weighted by atomic mass is 79.9. The van der Waals surface area contributed by atoms with Crippen molar-refractivity contribution < 1.29 is 4.79 Å². The number of carbonyl (C=O) groups excluding carboxylic acids is 1. The van der Waals surface area contributed by atoms with Gasteiger partial charge in [0.1, 0.15) is 0 Å². The first kappa shape index (κ1) is 14.4. The number of hydrogen-bond acceptors (Lipinski definition) is 2. The highest BCUT2D eigenvalue weighted by molar-refractivity contribution is 9.10. The zero-order chi connectivity index (χ0) is 15.2. The molecule has 1 amide bonds. The van der Waals surface area contributed by atoms with Crippen LogP contribution in [0.4, 0.5) is 0 Å². The molecule has 1 aromatic carbocycles. The van der Waals surface area contributed by atoms with Crippen molar-refractivity contribution in [2.75, 3.05) is 0 Å². The van der Waals surface area contributed by atoms with Gasteiger partial charge in [-0.2, -0.15) is 5.10 Å². The second kappa shape index (κ2) is 5.48. The van der Waals surface area contributed by atoms with E-state index in [0.717, 1.165) is 47.1 Å². The van der Waals surface area contributed by atoms with Crippen LogP contribution >= 0.6 is 15.9 Å². The van der Waals surface area contributed by atoms with Crippen LogP contribution in [0.2, 0.25) is 0 Å². The Morgan fingerprint density at radius 2 is 1.64 bits per heavy atom. The van der Waals surface area contributed by atoms with Crippen LogP contribution < -0.4 is 5.43 Å². The fourth-order valence-corrected chi connectivity index (χ4v) is 5.49. The van der Waals surface area contributed by atoms with Gasteiger partial charge in [0.25, 0.3) is 0 Å². The number of benzene rings is 1. The number of hydrazone groups is 1. The van der Waals surface area contributed by atoms with E-state index >= 15 is 0 Å². The monoisotopic (exact) mass is 360 g/mol. The number of rotatable bonds is 3. The quantitative estimate of drug-likeness (QED) is 0.639. The molecule has 0 spiro atoms. The van der Waals surface area contributed by atoms with Crippen molar-refractivity contribution in [2.45, 2.75) is 38.5 Å². The SMILES string of the molecule is O=C(NN=Cc1ccc(Br)cc1)C12CC3CC(CC(C3)C1)C2. The number of hydrogen-bond donors (Lipinski definition) is 1. The van der Waals surface area contributed by atoms with Gasteiger partial charge in [-0.3, -0.25) is 4.79 Å². The fourth-order valence-electron chi connectivity index (χ4n) is 5.22. The molecule has 0 heterocycles. The summed E-state index contributed by atoms with van der Waals surface area (Å²) in [6, 6.07) is 7.90. The van der Waals surface area contributed by atoms with Gasteiger partial charge in [-0.25, -0.2) is 5.43 Å². The van der Waals surface area contributed by atoms with Gasteiger partial charge < -0.3 is 0 Å². The predicted octanol–water partition coefficient (Wildman–Crippen LogP) is 4.12. The molecule has 0 aromatic heterocycles. The van der Waals surface area contributed by atoms with Gasteiger partial charge in [0.05, 0.1) is 11.6 Å². The van der Waals surface area contributed by atoms with Gasteiger partial charge in [-0.1, -0.05) is 28.1 Å². The van der Waals surface area contributed by atoms with Crippen LogP contribution in [0.5, 0.6) is 0 Å². The zero-order valence-electron chi connectivity index (χ0n) is 12.6. The van der Waals surface area contributed by atoms with E-state index in [2.05, 4.69) is 26.5 Å². The Morgan fingerprint density at radius 1 is 1.09 bits per heavy atom. The van der Waals surface area contributed by atoms with Crippen molar-refractivity contribution in [2.24, 2.45) is 28.3 Å². The summed E-state index contributed by atoms with van der Waals surface area (Å²) >= 11 is 3.41. The van der Waals surface area contributed by atoms with Crippen LogP contribution in [0.3, 0.4) is 0 Å². The minimum Gasteiger partial charge on any atom is -0.273 e. The number of carbonyl (C=O) groups is 1. The molecule has 0 saturated heterocycles. The first-order chi connectivity index (χ1) is 10.6. The van der Waals surface area contributed by atoms with Crippen LogP contribution in [0, 0.1) is 23.2 Å². The average molecular weight is 361 g/mol. The Morgan fingerprint density at radius 3 is 2.18 bits per heavy atom. The van der Waals surface area contributed by atoms with Crippen LogP contribution in [-0.2, 0) is 4.79 Å². The van der Waals surface area contributed by atoms with E-state index in [1.54, 1.807) is 6.21 Å². The Bertz CT molecular complexity index is 573. The van der Waals surface area contributed by atoms with Gasteiger partial charge in [0.15, 0.2) is 0 Å². The van der Waals surface area contributed by atoms with Gasteiger partial charge in [0, 0.05) is 4.47 Å². The largest absolute Gasteiger partial charge is 0.273 e. The molecule has 4 fully saturated rings. The van der Waals surface area contributed by atoms with Crippen molar-refractivity contribution in [1.29, 1.82) is 0 Å². The lowest BCUT2D eigenvalue weighted by Crippen LogP contribution is -2.52. The lowest BCUT2D eigenvalue weighted by molar-refractivity contribution is -0.146. The molecule has 3 nitrogen and oxygen atoms in total. The fraction of sp³-hybridized carbons (Fsp3) is 0.556. The van der Waals surface area contributed by atoms with Crippen LogP contribution in [-0.4, -0.2) is 12.1 Å². The average Bonchev–Trinajstić information content (AvgIpc) is 2.48. The smallest absolute Gasteiger partial charge is 0.246 e. The predicted molar refractivity (Wildman–Crippen MR) is 90.5 cm³/mol. The molecule has 0 unspecified atom stereocenters. The molecule has 5 rings (SSSR count). The van der Waals surface area contributed by atoms with Crippen molar-refractivity contribution >= 4 is 28.1 Å². The highest BCUT2D eigenvalue weighted by Crippen LogP contribution is 2.60. The summed E-state index contributed by atoms with van der Waals surface area (Å²) in [6.07, 6.45) is 9.04. The van der Waals surface area contributed by atoms with E-state index < -0.39 is 0 Å². The molecular formula is C18H21BrN2O. The molecule has 4 aliphatic rings. The molecule has 22 heavy (non-hydrogen) atoms. The summed E-state index contributed by atoms with van der Waals surface area (Å²) in [7, 11) is 0. The van der Waals surface area contributed by atoms with E-state index in [-0.39, 0.29) is 11.3 Å². The van der Waals surface area contributed by atoms with Gasteiger partial charge in [0.2, 0.25) is 5.91 Å². The molecule has 1 N–H and O–H groups in total. The molecule has 4 aliphatic carbocycles. The standard InChI is InChI=1S/C18H21BrN2O/c19-16-3-1-12(2-4-16)11-20-21-17(22)18-8-13-5-14(9-18)7-15(6-13)10-18/h1-4,11,13-15H,5-10H2,(H,21,22). The molecule has 116 valence electrons. The lowest BCUT2D eigenvalue weighted by atomic mass is 9.49. The van der Waals surface area contributed by atoms with Crippen molar-refractivity contribution in [3.63, 3.8) is 0 Å². The zero-order valence-corrected chi connectivity index (χ0v) is 14.2. The first-order valence-corrected chi connectivity index (χ1v) is 9.01. The number of nitrogens with zero attached hydrogens (tertiary/aromatic N) is 1. The number of halogens is 1. The topological polar surface area (TPSA) is 41.5 Å². The van der Waals surface area contributed by atoms with E-state index in [1.165, 1.54) is 19.3 Å². The molecule has 0 radical (unpaired) electrons. The third-order valence-corrected chi connectivity index (χ3v) is 6.30. The molecule has 4 heteroatoms. The Kier molecular flexibility index (Phi) is 3.60. The third-order valence-electron chi connectivity index (χ3n) is 5.77. The van der Waals surface area contributed by atoms with Crippen molar-refractivity contribution in [3.05, 3.63) is 34.3 Å². The van der Waals surface area contributed by atoms with E-state index in [1.807, 2.05) is 24.3 Å². The maximum Gasteiger partial charge on any atom is 0.246 e. The Hall–Kier alpha value is -1.16. The molecule has 1 aromatic rings. The maximum absolute atomic E-state index is 12.7. The third kappa shape index (κ3) is 2.62. The molecule has 0 aliphatic heterocycles. The molecular weight excluding hydrogens is 340 g/mol. The van der Waals surface area contributed by atoms with Crippen LogP contribution in [0.15, 0.2) is 33.8 Å². The number of nitrogens with one attached hydrogen (secondary N) is 1. The van der Waals surface area contributed by atoms with Gasteiger partial charge in [-0.05, 0) is 74.0 Å². The van der Waals surface area contributed by atoms with Crippen LogP contribution in [0.1, 0.15) is 44.1 Å². The van der Waals surface area contributed by atoms with E-state index in [9.17, 15) is 4.79 Å². The summed E-state index contributed by atoms with van der Waals surface area (Å²) in [6.45, 7) is 0.